The van der Waals surface area contributed by atoms with Crippen LogP contribution in [0.15, 0.2) is 30.3 Å². The Labute approximate surface area is 146 Å². The minimum atomic E-state index is -0.0221. The molecule has 1 fully saturated rings. The topological polar surface area (TPSA) is 52.8 Å². The van der Waals surface area contributed by atoms with E-state index < -0.39 is 0 Å². The number of amides is 1. The van der Waals surface area contributed by atoms with Gasteiger partial charge in [-0.1, -0.05) is 32.0 Å². The van der Waals surface area contributed by atoms with Crippen molar-refractivity contribution in [2.45, 2.75) is 20.3 Å². The summed E-state index contributed by atoms with van der Waals surface area (Å²) in [5.74, 6) is 0.210. The normalized spacial score (nSPS) is 16.2. The molecule has 0 bridgehead atoms. The molecule has 0 saturated carbocycles. The summed E-state index contributed by atoms with van der Waals surface area (Å²) in [7, 11) is 1.88. The molecule has 0 spiro atoms. The van der Waals surface area contributed by atoms with Gasteiger partial charge in [-0.05, 0) is 24.1 Å². The molecule has 24 heavy (non-hydrogen) atoms. The van der Waals surface area contributed by atoms with Gasteiger partial charge in [0.1, 0.15) is 0 Å². The third-order valence-electron chi connectivity index (χ3n) is 4.78. The predicted molar refractivity (Wildman–Crippen MR) is 100 cm³/mol. The van der Waals surface area contributed by atoms with Gasteiger partial charge in [-0.3, -0.25) is 9.69 Å². The first kappa shape index (κ1) is 18.7. The molecule has 0 aromatic heterocycles. The Balaban J connectivity index is 1.71. The maximum atomic E-state index is 12.3. The Kier molecular flexibility index (Phi) is 6.63. The Morgan fingerprint density at radius 1 is 1.17 bits per heavy atom. The van der Waals surface area contributed by atoms with E-state index >= 15 is 0 Å². The zero-order chi connectivity index (χ0) is 17.6. The van der Waals surface area contributed by atoms with Gasteiger partial charge in [0.15, 0.2) is 0 Å². The van der Waals surface area contributed by atoms with Gasteiger partial charge >= 0.3 is 0 Å². The first-order chi connectivity index (χ1) is 11.4. The van der Waals surface area contributed by atoms with Crippen LogP contribution in [0.5, 0.6) is 0 Å². The SMILES string of the molecule is CN(CC(C)(C)CN)C(=O)CCN1CCN(c2ccccc2)CC1. The average molecular weight is 332 g/mol. The molecule has 134 valence electrons. The van der Waals surface area contributed by atoms with Crippen molar-refractivity contribution in [2.75, 3.05) is 57.8 Å². The van der Waals surface area contributed by atoms with Crippen LogP contribution in [0.1, 0.15) is 20.3 Å². The van der Waals surface area contributed by atoms with Crippen LogP contribution in [0.2, 0.25) is 0 Å². The molecule has 0 aliphatic carbocycles. The van der Waals surface area contributed by atoms with Gasteiger partial charge in [0.25, 0.3) is 0 Å². The lowest BCUT2D eigenvalue weighted by Crippen LogP contribution is -2.47. The molecular weight excluding hydrogens is 300 g/mol. The summed E-state index contributed by atoms with van der Waals surface area (Å²) in [4.78, 5) is 18.9. The average Bonchev–Trinajstić information content (AvgIpc) is 2.60. The van der Waals surface area contributed by atoms with Gasteiger partial charge in [0.05, 0.1) is 0 Å². The van der Waals surface area contributed by atoms with E-state index in [1.165, 1.54) is 5.69 Å². The van der Waals surface area contributed by atoms with E-state index in [4.69, 9.17) is 5.73 Å². The van der Waals surface area contributed by atoms with E-state index in [1.54, 1.807) is 0 Å². The molecule has 1 saturated heterocycles. The molecule has 1 aromatic carbocycles. The van der Waals surface area contributed by atoms with Crippen LogP contribution in [0.25, 0.3) is 0 Å². The first-order valence-electron chi connectivity index (χ1n) is 8.88. The third kappa shape index (κ3) is 5.49. The number of hydrogen-bond acceptors (Lipinski definition) is 4. The minimum absolute atomic E-state index is 0.0221. The monoisotopic (exact) mass is 332 g/mol. The van der Waals surface area contributed by atoms with Crippen LogP contribution in [-0.4, -0.2) is 68.6 Å². The molecule has 2 rings (SSSR count). The standard InChI is InChI=1S/C19H32N4O/c1-19(2,15-20)16-21(3)18(24)9-10-22-11-13-23(14-12-22)17-7-5-4-6-8-17/h4-8H,9-16,20H2,1-3H3. The van der Waals surface area contributed by atoms with E-state index in [0.29, 0.717) is 19.5 Å². The van der Waals surface area contributed by atoms with Crippen molar-refractivity contribution in [2.24, 2.45) is 11.1 Å². The second-order valence-corrected chi connectivity index (χ2v) is 7.53. The highest BCUT2D eigenvalue weighted by molar-refractivity contribution is 5.76. The summed E-state index contributed by atoms with van der Waals surface area (Å²) < 4.78 is 0. The van der Waals surface area contributed by atoms with E-state index in [0.717, 1.165) is 32.7 Å². The van der Waals surface area contributed by atoms with Crippen molar-refractivity contribution < 1.29 is 4.79 Å². The molecule has 1 amide bonds. The molecule has 0 atom stereocenters. The van der Waals surface area contributed by atoms with E-state index in [1.807, 2.05) is 18.0 Å². The Bertz CT molecular complexity index is 509. The number of carbonyl (C=O) groups excluding carboxylic acids is 1. The highest BCUT2D eigenvalue weighted by atomic mass is 16.2. The van der Waals surface area contributed by atoms with Gasteiger partial charge < -0.3 is 15.5 Å². The molecule has 2 N–H and O–H groups in total. The highest BCUT2D eigenvalue weighted by Crippen LogP contribution is 2.16. The zero-order valence-electron chi connectivity index (χ0n) is 15.4. The number of rotatable bonds is 7. The van der Waals surface area contributed by atoms with Crippen molar-refractivity contribution in [3.63, 3.8) is 0 Å². The summed E-state index contributed by atoms with van der Waals surface area (Å²) in [6, 6.07) is 10.5. The van der Waals surface area contributed by atoms with Crippen molar-refractivity contribution >= 4 is 11.6 Å². The van der Waals surface area contributed by atoms with Crippen LogP contribution in [0, 0.1) is 5.41 Å². The quantitative estimate of drug-likeness (QED) is 0.825. The van der Waals surface area contributed by atoms with Gasteiger partial charge in [0, 0.05) is 58.4 Å². The minimum Gasteiger partial charge on any atom is -0.369 e. The molecule has 0 radical (unpaired) electrons. The maximum absolute atomic E-state index is 12.3. The number of para-hydroxylation sites is 1. The number of piperazine rings is 1. The molecule has 5 heteroatoms. The van der Waals surface area contributed by atoms with Crippen LogP contribution in [0.4, 0.5) is 5.69 Å². The van der Waals surface area contributed by atoms with Crippen molar-refractivity contribution in [3.8, 4) is 0 Å². The molecule has 0 unspecified atom stereocenters. The van der Waals surface area contributed by atoms with Gasteiger partial charge in [0.2, 0.25) is 5.91 Å². The van der Waals surface area contributed by atoms with Gasteiger partial charge in [-0.15, -0.1) is 0 Å². The van der Waals surface area contributed by atoms with E-state index in [-0.39, 0.29) is 11.3 Å². The third-order valence-corrected chi connectivity index (χ3v) is 4.78. The number of hydrogen-bond donors (Lipinski definition) is 1. The van der Waals surface area contributed by atoms with Crippen molar-refractivity contribution in [3.05, 3.63) is 30.3 Å². The molecule has 1 aromatic rings. The van der Waals surface area contributed by atoms with Crippen molar-refractivity contribution in [1.82, 2.24) is 9.80 Å². The molecule has 1 aliphatic rings. The molecular formula is C19H32N4O. The van der Waals surface area contributed by atoms with Gasteiger partial charge in [-0.2, -0.15) is 0 Å². The lowest BCUT2D eigenvalue weighted by Gasteiger charge is -2.36. The summed E-state index contributed by atoms with van der Waals surface area (Å²) in [6.45, 7) is 10.4. The molecule has 1 heterocycles. The molecule has 1 aliphatic heterocycles. The number of carbonyl (C=O) groups is 1. The number of nitrogens with zero attached hydrogens (tertiary/aromatic N) is 3. The van der Waals surface area contributed by atoms with Crippen LogP contribution in [-0.2, 0) is 4.79 Å². The summed E-state index contributed by atoms with van der Waals surface area (Å²) in [5, 5.41) is 0. The predicted octanol–water partition coefficient (Wildman–Crippen LogP) is 1.64. The van der Waals surface area contributed by atoms with Crippen LogP contribution < -0.4 is 10.6 Å². The lowest BCUT2D eigenvalue weighted by molar-refractivity contribution is -0.131. The second kappa shape index (κ2) is 8.49. The van der Waals surface area contributed by atoms with Crippen molar-refractivity contribution in [1.29, 1.82) is 0 Å². The summed E-state index contributed by atoms with van der Waals surface area (Å²) in [5.41, 5.74) is 7.02. The van der Waals surface area contributed by atoms with Crippen LogP contribution in [0.3, 0.4) is 0 Å². The fourth-order valence-corrected chi connectivity index (χ4v) is 3.11. The number of anilines is 1. The number of nitrogens with two attached hydrogens (primary N) is 1. The van der Waals surface area contributed by atoms with Gasteiger partial charge in [-0.25, -0.2) is 0 Å². The number of benzene rings is 1. The molecule has 5 nitrogen and oxygen atoms in total. The first-order valence-corrected chi connectivity index (χ1v) is 8.88. The smallest absolute Gasteiger partial charge is 0.223 e. The zero-order valence-corrected chi connectivity index (χ0v) is 15.4. The Hall–Kier alpha value is -1.59. The fraction of sp³-hybridized carbons (Fsp3) is 0.632. The maximum Gasteiger partial charge on any atom is 0.223 e. The summed E-state index contributed by atoms with van der Waals surface area (Å²) in [6.07, 6.45) is 0.586. The fourth-order valence-electron chi connectivity index (χ4n) is 3.11. The highest BCUT2D eigenvalue weighted by Gasteiger charge is 2.22. The largest absolute Gasteiger partial charge is 0.369 e. The summed E-state index contributed by atoms with van der Waals surface area (Å²) >= 11 is 0. The second-order valence-electron chi connectivity index (χ2n) is 7.53. The lowest BCUT2D eigenvalue weighted by atomic mass is 9.93. The van der Waals surface area contributed by atoms with E-state index in [9.17, 15) is 4.79 Å². The Morgan fingerprint density at radius 2 is 1.79 bits per heavy atom. The Morgan fingerprint density at radius 3 is 2.38 bits per heavy atom. The van der Waals surface area contributed by atoms with Crippen LogP contribution >= 0.6 is 0 Å². The van der Waals surface area contributed by atoms with E-state index in [2.05, 4.69) is 47.9 Å².